The van der Waals surface area contributed by atoms with Gasteiger partial charge in [-0.2, -0.15) is 0 Å². The Kier molecular flexibility index (Phi) is 7.94. The standard InChI is InChI=1S/C20H28N4O2/c1-3-14-24(18-10-5-4-6-11-18)20(26)22-16-19(25)23(2)15-12-17-9-7-8-13-21-17/h1,7-9,13,18H,4-6,10-12,14-16H2,2H3,(H,22,26). The highest BCUT2D eigenvalue weighted by molar-refractivity contribution is 5.84. The van der Waals surface area contributed by atoms with Gasteiger partial charge in [0.2, 0.25) is 5.91 Å². The minimum Gasteiger partial charge on any atom is -0.344 e. The van der Waals surface area contributed by atoms with Crippen molar-refractivity contribution in [3.8, 4) is 12.3 Å². The summed E-state index contributed by atoms with van der Waals surface area (Å²) < 4.78 is 0. The summed E-state index contributed by atoms with van der Waals surface area (Å²) in [5, 5.41) is 2.73. The molecule has 140 valence electrons. The van der Waals surface area contributed by atoms with Crippen LogP contribution in [0.4, 0.5) is 4.79 Å². The highest BCUT2D eigenvalue weighted by Crippen LogP contribution is 2.22. The molecule has 0 unspecified atom stereocenters. The number of amides is 3. The SMILES string of the molecule is C#CCN(C(=O)NCC(=O)N(C)CCc1ccccn1)C1CCCCC1. The van der Waals surface area contributed by atoms with Crippen molar-refractivity contribution in [3.63, 3.8) is 0 Å². The number of likely N-dealkylation sites (N-methyl/N-ethyl adjacent to an activating group) is 1. The molecule has 0 bridgehead atoms. The van der Waals surface area contributed by atoms with Crippen molar-refractivity contribution in [3.05, 3.63) is 30.1 Å². The van der Waals surface area contributed by atoms with E-state index in [2.05, 4.69) is 16.2 Å². The number of nitrogens with one attached hydrogen (secondary N) is 1. The second kappa shape index (κ2) is 10.4. The molecule has 0 aromatic carbocycles. The van der Waals surface area contributed by atoms with Crippen LogP contribution in [0, 0.1) is 12.3 Å². The maximum absolute atomic E-state index is 12.5. The number of pyridine rings is 1. The third-order valence-electron chi connectivity index (χ3n) is 4.78. The van der Waals surface area contributed by atoms with Crippen molar-refractivity contribution in [1.82, 2.24) is 20.1 Å². The summed E-state index contributed by atoms with van der Waals surface area (Å²) >= 11 is 0. The van der Waals surface area contributed by atoms with Gasteiger partial charge in [0.1, 0.15) is 0 Å². The van der Waals surface area contributed by atoms with Gasteiger partial charge in [0.05, 0.1) is 13.1 Å². The first kappa shape index (κ1) is 19.8. The smallest absolute Gasteiger partial charge is 0.318 e. The highest BCUT2D eigenvalue weighted by Gasteiger charge is 2.25. The first-order valence-electron chi connectivity index (χ1n) is 9.23. The molecule has 1 N–H and O–H groups in total. The Labute approximate surface area is 156 Å². The van der Waals surface area contributed by atoms with Crippen molar-refractivity contribution >= 4 is 11.9 Å². The zero-order valence-corrected chi connectivity index (χ0v) is 15.5. The predicted octanol–water partition coefficient (Wildman–Crippen LogP) is 2.06. The lowest BCUT2D eigenvalue weighted by atomic mass is 9.94. The maximum atomic E-state index is 12.5. The summed E-state index contributed by atoms with van der Waals surface area (Å²) in [4.78, 5) is 32.3. The average molecular weight is 356 g/mol. The average Bonchev–Trinajstić information content (AvgIpc) is 2.69. The molecule has 1 saturated carbocycles. The number of carbonyl (C=O) groups excluding carboxylic acids is 2. The number of rotatable bonds is 7. The Morgan fingerprint density at radius 1 is 1.31 bits per heavy atom. The molecular formula is C20H28N4O2. The Bertz CT molecular complexity index is 620. The molecule has 0 aliphatic heterocycles. The van der Waals surface area contributed by atoms with E-state index in [0.717, 1.165) is 31.4 Å². The summed E-state index contributed by atoms with van der Waals surface area (Å²) in [5.41, 5.74) is 0.939. The van der Waals surface area contributed by atoms with E-state index in [1.54, 1.807) is 23.0 Å². The Balaban J connectivity index is 1.78. The number of hydrogen-bond acceptors (Lipinski definition) is 3. The lowest BCUT2D eigenvalue weighted by Gasteiger charge is -2.33. The van der Waals surface area contributed by atoms with Crippen LogP contribution in [-0.2, 0) is 11.2 Å². The summed E-state index contributed by atoms with van der Waals surface area (Å²) in [6, 6.07) is 5.65. The molecule has 0 saturated heterocycles. The predicted molar refractivity (Wildman–Crippen MR) is 101 cm³/mol. The van der Waals surface area contributed by atoms with Gasteiger partial charge in [-0.3, -0.25) is 9.78 Å². The van der Waals surface area contributed by atoms with Crippen LogP contribution < -0.4 is 5.32 Å². The van der Waals surface area contributed by atoms with Crippen molar-refractivity contribution in [2.24, 2.45) is 0 Å². The molecule has 1 aliphatic rings. The van der Waals surface area contributed by atoms with Crippen molar-refractivity contribution in [2.75, 3.05) is 26.7 Å². The molecule has 0 spiro atoms. The molecule has 6 heteroatoms. The van der Waals surface area contributed by atoms with Crippen LogP contribution in [0.3, 0.4) is 0 Å². The summed E-state index contributed by atoms with van der Waals surface area (Å²) in [5.74, 6) is 2.43. The molecular weight excluding hydrogens is 328 g/mol. The molecule has 1 heterocycles. The van der Waals surface area contributed by atoms with Crippen LogP contribution in [0.1, 0.15) is 37.8 Å². The topological polar surface area (TPSA) is 65.5 Å². The maximum Gasteiger partial charge on any atom is 0.318 e. The molecule has 1 fully saturated rings. The summed E-state index contributed by atoms with van der Waals surface area (Å²) in [6.45, 7) is 0.813. The Hall–Kier alpha value is -2.55. The highest BCUT2D eigenvalue weighted by atomic mass is 16.2. The van der Waals surface area contributed by atoms with Gasteiger partial charge < -0.3 is 15.1 Å². The van der Waals surface area contributed by atoms with Gasteiger partial charge >= 0.3 is 6.03 Å². The van der Waals surface area contributed by atoms with E-state index in [1.807, 2.05) is 18.2 Å². The molecule has 6 nitrogen and oxygen atoms in total. The van der Waals surface area contributed by atoms with Crippen LogP contribution in [0.2, 0.25) is 0 Å². The zero-order chi connectivity index (χ0) is 18.8. The normalized spacial score (nSPS) is 14.3. The molecule has 26 heavy (non-hydrogen) atoms. The van der Waals surface area contributed by atoms with E-state index in [0.29, 0.717) is 13.0 Å². The van der Waals surface area contributed by atoms with Gasteiger partial charge in [0.15, 0.2) is 0 Å². The Morgan fingerprint density at radius 3 is 2.73 bits per heavy atom. The van der Waals surface area contributed by atoms with Crippen LogP contribution in [-0.4, -0.2) is 59.4 Å². The second-order valence-corrected chi connectivity index (χ2v) is 6.67. The third kappa shape index (κ3) is 6.07. The lowest BCUT2D eigenvalue weighted by Crippen LogP contribution is -2.49. The molecule has 3 amide bonds. The molecule has 0 radical (unpaired) electrons. The van der Waals surface area contributed by atoms with Gasteiger partial charge in [-0.1, -0.05) is 31.2 Å². The molecule has 1 aromatic heterocycles. The quantitative estimate of drug-likeness (QED) is 0.761. The first-order valence-corrected chi connectivity index (χ1v) is 9.23. The van der Waals surface area contributed by atoms with E-state index in [1.165, 1.54) is 6.42 Å². The van der Waals surface area contributed by atoms with Crippen LogP contribution >= 0.6 is 0 Å². The van der Waals surface area contributed by atoms with E-state index in [9.17, 15) is 9.59 Å². The minimum absolute atomic E-state index is 0.0225. The fourth-order valence-electron chi connectivity index (χ4n) is 3.20. The van der Waals surface area contributed by atoms with Gasteiger partial charge in [-0.05, 0) is 25.0 Å². The third-order valence-corrected chi connectivity index (χ3v) is 4.78. The number of urea groups is 1. The van der Waals surface area contributed by atoms with Gasteiger partial charge in [0.25, 0.3) is 0 Å². The van der Waals surface area contributed by atoms with Crippen LogP contribution in [0.5, 0.6) is 0 Å². The molecule has 0 atom stereocenters. The van der Waals surface area contributed by atoms with Crippen LogP contribution in [0.15, 0.2) is 24.4 Å². The fourth-order valence-corrected chi connectivity index (χ4v) is 3.20. The Morgan fingerprint density at radius 2 is 2.08 bits per heavy atom. The number of terminal acetylenes is 1. The minimum atomic E-state index is -0.249. The van der Waals surface area contributed by atoms with E-state index < -0.39 is 0 Å². The van der Waals surface area contributed by atoms with Crippen LogP contribution in [0.25, 0.3) is 0 Å². The van der Waals surface area contributed by atoms with Crippen molar-refractivity contribution < 1.29 is 9.59 Å². The number of nitrogens with zero attached hydrogens (tertiary/aromatic N) is 3. The number of carbonyl (C=O) groups is 2. The number of hydrogen-bond donors (Lipinski definition) is 1. The van der Waals surface area contributed by atoms with E-state index in [4.69, 9.17) is 6.42 Å². The zero-order valence-electron chi connectivity index (χ0n) is 15.5. The molecule has 1 aliphatic carbocycles. The lowest BCUT2D eigenvalue weighted by molar-refractivity contribution is -0.128. The van der Waals surface area contributed by atoms with E-state index in [-0.39, 0.29) is 31.1 Å². The second-order valence-electron chi connectivity index (χ2n) is 6.67. The molecule has 2 rings (SSSR count). The largest absolute Gasteiger partial charge is 0.344 e. The molecule has 1 aromatic rings. The summed E-state index contributed by atoms with van der Waals surface area (Å²) in [6.07, 6.45) is 13.2. The van der Waals surface area contributed by atoms with Crippen molar-refractivity contribution in [2.45, 2.75) is 44.6 Å². The van der Waals surface area contributed by atoms with Gasteiger partial charge in [-0.15, -0.1) is 6.42 Å². The first-order chi connectivity index (χ1) is 12.6. The van der Waals surface area contributed by atoms with Gasteiger partial charge in [0, 0.05) is 37.9 Å². The van der Waals surface area contributed by atoms with Gasteiger partial charge in [-0.25, -0.2) is 4.79 Å². The monoisotopic (exact) mass is 356 g/mol. The van der Waals surface area contributed by atoms with E-state index >= 15 is 0 Å². The number of aromatic nitrogens is 1. The van der Waals surface area contributed by atoms with Crippen molar-refractivity contribution in [1.29, 1.82) is 0 Å². The fraction of sp³-hybridized carbons (Fsp3) is 0.550. The summed E-state index contributed by atoms with van der Waals surface area (Å²) in [7, 11) is 1.73.